The second kappa shape index (κ2) is 37.8. The lowest BCUT2D eigenvalue weighted by Gasteiger charge is -2.15. The van der Waals surface area contributed by atoms with Gasteiger partial charge < -0.3 is 14.6 Å². The number of esters is 2. The first-order chi connectivity index (χ1) is 24.4. The van der Waals surface area contributed by atoms with Crippen LogP contribution >= 0.6 is 0 Å². The van der Waals surface area contributed by atoms with Crippen LogP contribution in [0.4, 0.5) is 0 Å². The molecular weight excluding hydrogens is 624 g/mol. The van der Waals surface area contributed by atoms with Crippen LogP contribution in [0.2, 0.25) is 0 Å². The third-order valence-electron chi connectivity index (χ3n) is 9.14. The van der Waals surface area contributed by atoms with E-state index in [-0.39, 0.29) is 37.4 Å². The quantitative estimate of drug-likeness (QED) is 0.0230. The zero-order chi connectivity index (χ0) is 36.8. The van der Waals surface area contributed by atoms with Crippen LogP contribution in [-0.2, 0) is 23.9 Å². The van der Waals surface area contributed by atoms with Crippen LogP contribution in [0, 0.1) is 5.92 Å². The minimum Gasteiger partial charge on any atom is -0.462 e. The molecule has 0 spiro atoms. The van der Waals surface area contributed by atoms with E-state index >= 15 is 0 Å². The van der Waals surface area contributed by atoms with Crippen LogP contribution in [0.15, 0.2) is 48.6 Å². The minimum absolute atomic E-state index is 0.103. The molecule has 0 aliphatic rings. The molecule has 0 fully saturated rings. The number of rotatable bonds is 36. The lowest BCUT2D eigenvalue weighted by molar-refractivity contribution is -0.161. The Labute approximate surface area is 307 Å². The maximum atomic E-state index is 12.2. The van der Waals surface area contributed by atoms with E-state index in [0.717, 1.165) is 63.7 Å². The van der Waals surface area contributed by atoms with Crippen LogP contribution in [0.1, 0.15) is 188 Å². The zero-order valence-electron chi connectivity index (χ0n) is 32.6. The predicted molar refractivity (Wildman–Crippen MR) is 210 cm³/mol. The van der Waals surface area contributed by atoms with Crippen molar-refractivity contribution in [1.82, 2.24) is 0 Å². The highest BCUT2D eigenvalue weighted by molar-refractivity contribution is 5.89. The standard InChI is InChI=1S/C44H76O6/c1-4-6-28-34-41(46)35-30-25-21-17-13-11-15-19-23-27-32-37-44(48)50-42(38-45)39-49-43(47)36-31-26-22-18-14-10-8-7-9-12-16-20-24-29-33-40(3)5-2/h11,13,19,21,23,25,30,35,40,42,45H,4-10,12,14-18,20,22,24,26-29,31-34,36-39H2,1-3H3/b13-11-,23-19-,25-21-,35-30+/t40?,42-/m0/s1. The van der Waals surface area contributed by atoms with E-state index < -0.39 is 6.10 Å². The molecule has 50 heavy (non-hydrogen) atoms. The first-order valence-corrected chi connectivity index (χ1v) is 20.5. The molecule has 6 heteroatoms. The molecule has 0 aliphatic carbocycles. The van der Waals surface area contributed by atoms with Crippen molar-refractivity contribution in [2.75, 3.05) is 13.2 Å². The summed E-state index contributed by atoms with van der Waals surface area (Å²) in [5.74, 6) is 0.393. The Hall–Kier alpha value is -2.47. The van der Waals surface area contributed by atoms with Gasteiger partial charge in [0.25, 0.3) is 0 Å². The number of allylic oxidation sites excluding steroid dienone is 8. The Kier molecular flexibility index (Phi) is 35.9. The number of ether oxygens (including phenoxy) is 2. The summed E-state index contributed by atoms with van der Waals surface area (Å²) in [6.45, 7) is 6.31. The van der Waals surface area contributed by atoms with Gasteiger partial charge in [0.1, 0.15) is 6.61 Å². The van der Waals surface area contributed by atoms with Crippen molar-refractivity contribution in [1.29, 1.82) is 0 Å². The maximum Gasteiger partial charge on any atom is 0.306 e. The van der Waals surface area contributed by atoms with Gasteiger partial charge in [-0.2, -0.15) is 0 Å². The Balaban J connectivity index is 3.68. The van der Waals surface area contributed by atoms with Crippen molar-refractivity contribution in [3.05, 3.63) is 48.6 Å². The number of aliphatic hydroxyl groups excluding tert-OH is 1. The summed E-state index contributed by atoms with van der Waals surface area (Å²) in [6.07, 6.45) is 42.9. The summed E-state index contributed by atoms with van der Waals surface area (Å²) in [5, 5.41) is 9.55. The van der Waals surface area contributed by atoms with E-state index in [1.54, 1.807) is 6.08 Å². The third-order valence-corrected chi connectivity index (χ3v) is 9.14. The molecule has 0 rings (SSSR count). The molecule has 0 saturated heterocycles. The fourth-order valence-electron chi connectivity index (χ4n) is 5.59. The minimum atomic E-state index is -0.817. The highest BCUT2D eigenvalue weighted by Crippen LogP contribution is 2.16. The molecule has 2 atom stereocenters. The molecule has 0 aromatic heterocycles. The molecule has 6 nitrogen and oxygen atoms in total. The number of carbonyl (C=O) groups excluding carboxylic acids is 3. The number of hydrogen-bond donors (Lipinski definition) is 1. The van der Waals surface area contributed by atoms with Crippen LogP contribution in [-0.4, -0.2) is 42.1 Å². The van der Waals surface area contributed by atoms with Crippen LogP contribution in [0.25, 0.3) is 0 Å². The highest BCUT2D eigenvalue weighted by Gasteiger charge is 2.16. The van der Waals surface area contributed by atoms with E-state index in [2.05, 4.69) is 39.0 Å². The largest absolute Gasteiger partial charge is 0.462 e. The number of unbranched alkanes of at least 4 members (excludes halogenated alkanes) is 16. The topological polar surface area (TPSA) is 89.9 Å². The summed E-state index contributed by atoms with van der Waals surface area (Å²) in [4.78, 5) is 35.9. The Morgan fingerprint density at radius 1 is 0.600 bits per heavy atom. The first-order valence-electron chi connectivity index (χ1n) is 20.5. The van der Waals surface area contributed by atoms with Gasteiger partial charge in [0.15, 0.2) is 11.9 Å². The second-order valence-corrected chi connectivity index (χ2v) is 14.0. The number of hydrogen-bond acceptors (Lipinski definition) is 6. The van der Waals surface area contributed by atoms with Crippen molar-refractivity contribution in [3.8, 4) is 0 Å². The SMILES string of the molecule is CCCCCC(=O)/C=C/C=C\C/C=C\C/C=C\CCCC(=O)O[C@@H](CO)COC(=O)CCCCCCCCCCCCCCCCC(C)CC. The summed E-state index contributed by atoms with van der Waals surface area (Å²) in [7, 11) is 0. The Morgan fingerprint density at radius 3 is 1.74 bits per heavy atom. The molecule has 1 N–H and O–H groups in total. The molecule has 0 saturated carbocycles. The third kappa shape index (κ3) is 35.4. The molecule has 0 heterocycles. The number of aliphatic hydroxyl groups is 1. The average molecular weight is 701 g/mol. The lowest BCUT2D eigenvalue weighted by Crippen LogP contribution is -2.28. The van der Waals surface area contributed by atoms with Gasteiger partial charge in [0.05, 0.1) is 6.61 Å². The van der Waals surface area contributed by atoms with Gasteiger partial charge in [-0.3, -0.25) is 14.4 Å². The molecule has 0 aromatic carbocycles. The van der Waals surface area contributed by atoms with Gasteiger partial charge in [0, 0.05) is 19.3 Å². The average Bonchev–Trinajstić information content (AvgIpc) is 3.11. The molecule has 0 aromatic rings. The molecule has 288 valence electrons. The summed E-state index contributed by atoms with van der Waals surface area (Å²) in [5.41, 5.74) is 0. The maximum absolute atomic E-state index is 12.2. The van der Waals surface area contributed by atoms with Crippen molar-refractivity contribution in [2.45, 2.75) is 194 Å². The van der Waals surface area contributed by atoms with E-state index in [0.29, 0.717) is 19.3 Å². The van der Waals surface area contributed by atoms with E-state index in [1.165, 1.54) is 83.5 Å². The Morgan fingerprint density at radius 2 is 1.14 bits per heavy atom. The summed E-state index contributed by atoms with van der Waals surface area (Å²) in [6, 6.07) is 0. The smallest absolute Gasteiger partial charge is 0.306 e. The van der Waals surface area contributed by atoms with Crippen LogP contribution in [0.5, 0.6) is 0 Å². The Bertz CT molecular complexity index is 917. The van der Waals surface area contributed by atoms with Gasteiger partial charge in [-0.05, 0) is 50.5 Å². The monoisotopic (exact) mass is 701 g/mol. The fourth-order valence-corrected chi connectivity index (χ4v) is 5.59. The van der Waals surface area contributed by atoms with E-state index in [9.17, 15) is 19.5 Å². The van der Waals surface area contributed by atoms with E-state index in [4.69, 9.17) is 9.47 Å². The van der Waals surface area contributed by atoms with Gasteiger partial charge in [0.2, 0.25) is 0 Å². The van der Waals surface area contributed by atoms with E-state index in [1.807, 2.05) is 24.3 Å². The number of carbonyl (C=O) groups is 3. The molecule has 0 aliphatic heterocycles. The van der Waals surface area contributed by atoms with Crippen molar-refractivity contribution in [2.24, 2.45) is 5.92 Å². The fraction of sp³-hybridized carbons (Fsp3) is 0.750. The lowest BCUT2D eigenvalue weighted by atomic mass is 9.99. The van der Waals surface area contributed by atoms with Gasteiger partial charge >= 0.3 is 11.9 Å². The zero-order valence-corrected chi connectivity index (χ0v) is 32.6. The molecule has 1 unspecified atom stereocenters. The summed E-state index contributed by atoms with van der Waals surface area (Å²) < 4.78 is 10.6. The molecular formula is C44H76O6. The molecule has 0 bridgehead atoms. The van der Waals surface area contributed by atoms with Crippen LogP contribution in [0.3, 0.4) is 0 Å². The van der Waals surface area contributed by atoms with Crippen LogP contribution < -0.4 is 0 Å². The first kappa shape index (κ1) is 47.5. The summed E-state index contributed by atoms with van der Waals surface area (Å²) >= 11 is 0. The van der Waals surface area contributed by atoms with Crippen molar-refractivity contribution >= 4 is 17.7 Å². The molecule has 0 amide bonds. The van der Waals surface area contributed by atoms with Crippen molar-refractivity contribution < 1.29 is 29.0 Å². The number of ketones is 1. The second-order valence-electron chi connectivity index (χ2n) is 14.0. The highest BCUT2D eigenvalue weighted by atomic mass is 16.6. The van der Waals surface area contributed by atoms with Gasteiger partial charge in [-0.1, -0.05) is 172 Å². The van der Waals surface area contributed by atoms with Gasteiger partial charge in [-0.25, -0.2) is 0 Å². The van der Waals surface area contributed by atoms with Crippen molar-refractivity contribution in [3.63, 3.8) is 0 Å². The van der Waals surface area contributed by atoms with Gasteiger partial charge in [-0.15, -0.1) is 0 Å². The predicted octanol–water partition coefficient (Wildman–Crippen LogP) is 12.0. The normalized spacial score (nSPS) is 13.2. The molecule has 0 radical (unpaired) electrons.